The minimum Gasteiger partial charge on any atom is -0.462 e. The van der Waals surface area contributed by atoms with Crippen molar-refractivity contribution in [1.29, 1.82) is 0 Å². The zero-order valence-corrected chi connectivity index (χ0v) is 47.1. The largest absolute Gasteiger partial charge is 0.462 e. The molecule has 1 atom stereocenters. The van der Waals surface area contributed by atoms with Crippen LogP contribution < -0.4 is 0 Å². The van der Waals surface area contributed by atoms with Gasteiger partial charge in [0, 0.05) is 19.3 Å². The molecule has 0 heterocycles. The summed E-state index contributed by atoms with van der Waals surface area (Å²) in [5.74, 6) is -0.873. The fourth-order valence-electron chi connectivity index (χ4n) is 9.20. The summed E-state index contributed by atoms with van der Waals surface area (Å²) in [4.78, 5) is 38.3. The molecule has 0 aliphatic heterocycles. The second-order valence-corrected chi connectivity index (χ2v) is 21.0. The molecule has 6 nitrogen and oxygen atoms in total. The van der Waals surface area contributed by atoms with Crippen LogP contribution in [0.3, 0.4) is 0 Å². The van der Waals surface area contributed by atoms with Gasteiger partial charge in [-0.25, -0.2) is 0 Å². The average molecular weight is 984 g/mol. The van der Waals surface area contributed by atoms with Gasteiger partial charge in [-0.15, -0.1) is 0 Å². The molecule has 6 heteroatoms. The van der Waals surface area contributed by atoms with E-state index in [9.17, 15) is 14.4 Å². The molecule has 0 rings (SSSR count). The number of hydrogen-bond acceptors (Lipinski definition) is 6. The molecule has 410 valence electrons. The summed E-state index contributed by atoms with van der Waals surface area (Å²) in [7, 11) is 0. The number of hydrogen-bond donors (Lipinski definition) is 0. The molecule has 0 aromatic heterocycles. The smallest absolute Gasteiger partial charge is 0.306 e. The lowest BCUT2D eigenvalue weighted by atomic mass is 10.0. The van der Waals surface area contributed by atoms with Gasteiger partial charge in [0.05, 0.1) is 0 Å². The topological polar surface area (TPSA) is 78.9 Å². The third kappa shape index (κ3) is 56.5. The van der Waals surface area contributed by atoms with Crippen molar-refractivity contribution >= 4 is 17.9 Å². The van der Waals surface area contributed by atoms with E-state index >= 15 is 0 Å². The molecule has 0 aromatic rings. The van der Waals surface area contributed by atoms with Crippen LogP contribution in [-0.2, 0) is 28.6 Å². The van der Waals surface area contributed by atoms with Crippen molar-refractivity contribution in [2.75, 3.05) is 13.2 Å². The molecule has 0 amide bonds. The first-order chi connectivity index (χ1) is 34.5. The number of unbranched alkanes of at least 4 members (excludes halogenated alkanes) is 41. The minimum absolute atomic E-state index is 0.0749. The Kier molecular flexibility index (Phi) is 57.2. The summed E-state index contributed by atoms with van der Waals surface area (Å²) in [5.41, 5.74) is 0. The lowest BCUT2D eigenvalue weighted by molar-refractivity contribution is -0.167. The number of carbonyl (C=O) groups excluding carboxylic acids is 3. The Bertz CT molecular complexity index is 1170. The Morgan fingerprint density at radius 3 is 0.800 bits per heavy atom. The molecular weight excluding hydrogens is 865 g/mol. The number of rotatable bonds is 57. The van der Waals surface area contributed by atoms with E-state index in [1.54, 1.807) is 0 Å². The second kappa shape index (κ2) is 59.2. The molecule has 0 radical (unpaired) electrons. The summed E-state index contributed by atoms with van der Waals surface area (Å²) in [5, 5.41) is 0. The molecule has 70 heavy (non-hydrogen) atoms. The van der Waals surface area contributed by atoms with Crippen LogP contribution in [0.15, 0.2) is 36.5 Å². The van der Waals surface area contributed by atoms with Gasteiger partial charge in [-0.05, 0) is 70.6 Å². The van der Waals surface area contributed by atoms with E-state index in [1.165, 1.54) is 218 Å². The minimum atomic E-state index is -0.779. The van der Waals surface area contributed by atoms with Gasteiger partial charge in [0.2, 0.25) is 0 Å². The normalized spacial score (nSPS) is 12.2. The molecule has 0 bridgehead atoms. The quantitative estimate of drug-likeness (QED) is 0.0199. The Morgan fingerprint density at radius 1 is 0.286 bits per heavy atom. The molecule has 0 N–H and O–H groups in total. The summed E-state index contributed by atoms with van der Waals surface area (Å²) in [6.45, 7) is 6.67. The van der Waals surface area contributed by atoms with E-state index in [2.05, 4.69) is 57.2 Å². The zero-order valence-electron chi connectivity index (χ0n) is 47.1. The van der Waals surface area contributed by atoms with Crippen molar-refractivity contribution in [1.82, 2.24) is 0 Å². The van der Waals surface area contributed by atoms with Crippen LogP contribution in [0.4, 0.5) is 0 Å². The number of esters is 3. The average Bonchev–Trinajstić information content (AvgIpc) is 3.36. The molecule has 0 spiro atoms. The maximum Gasteiger partial charge on any atom is 0.306 e. The summed E-state index contributed by atoms with van der Waals surface area (Å²) in [6, 6.07) is 0. The van der Waals surface area contributed by atoms with Crippen LogP contribution in [0.1, 0.15) is 335 Å². The monoisotopic (exact) mass is 983 g/mol. The molecule has 0 fully saturated rings. The van der Waals surface area contributed by atoms with Crippen molar-refractivity contribution in [3.8, 4) is 0 Å². The van der Waals surface area contributed by atoms with Gasteiger partial charge in [0.1, 0.15) is 13.2 Å². The number of carbonyl (C=O) groups is 3. The van der Waals surface area contributed by atoms with Crippen LogP contribution >= 0.6 is 0 Å². The van der Waals surface area contributed by atoms with Gasteiger partial charge >= 0.3 is 17.9 Å². The Balaban J connectivity index is 4.37. The van der Waals surface area contributed by atoms with Crippen molar-refractivity contribution in [2.45, 2.75) is 341 Å². The number of ether oxygens (including phenoxy) is 3. The van der Waals surface area contributed by atoms with E-state index < -0.39 is 6.10 Å². The third-order valence-electron chi connectivity index (χ3n) is 13.9. The Morgan fingerprint density at radius 2 is 0.514 bits per heavy atom. The van der Waals surface area contributed by atoms with Crippen LogP contribution in [-0.4, -0.2) is 37.2 Å². The summed E-state index contributed by atoms with van der Waals surface area (Å²) < 4.78 is 16.9. The number of allylic oxidation sites excluding steroid dienone is 6. The summed E-state index contributed by atoms with van der Waals surface area (Å²) >= 11 is 0. The predicted molar refractivity (Wildman–Crippen MR) is 302 cm³/mol. The summed E-state index contributed by atoms with van der Waals surface area (Å²) in [6.07, 6.45) is 71.4. The van der Waals surface area contributed by atoms with Crippen molar-refractivity contribution in [2.24, 2.45) is 0 Å². The predicted octanol–water partition coefficient (Wildman–Crippen LogP) is 20.8. The maximum absolute atomic E-state index is 12.9. The van der Waals surface area contributed by atoms with E-state index in [-0.39, 0.29) is 31.1 Å². The Labute approximate surface area is 435 Å². The van der Waals surface area contributed by atoms with E-state index in [1.807, 2.05) is 0 Å². The standard InChI is InChI=1S/C64H118O6/c1-4-7-10-13-16-19-22-25-28-31-34-36-39-42-45-48-51-54-57-63(66)69-60-61(70-64(67)58-55-52-49-46-43-40-37-33-30-27-24-21-18-15-12-9-6-3)59-68-62(65)56-53-50-47-44-41-38-35-32-29-26-23-20-17-14-11-8-5-2/h27-28,30-31,34,36,61H,4-26,29,32-33,35,37-60H2,1-3H3/b30-27-,31-28-,36-34-. The van der Waals surface area contributed by atoms with Crippen molar-refractivity contribution < 1.29 is 28.6 Å². The van der Waals surface area contributed by atoms with Crippen molar-refractivity contribution in [3.63, 3.8) is 0 Å². The van der Waals surface area contributed by atoms with Gasteiger partial charge in [-0.3, -0.25) is 14.4 Å². The van der Waals surface area contributed by atoms with E-state index in [0.717, 1.165) is 77.0 Å². The highest BCUT2D eigenvalue weighted by atomic mass is 16.6. The Hall–Kier alpha value is -2.37. The lowest BCUT2D eigenvalue weighted by Gasteiger charge is -2.18. The van der Waals surface area contributed by atoms with E-state index in [4.69, 9.17) is 14.2 Å². The van der Waals surface area contributed by atoms with Gasteiger partial charge in [0.25, 0.3) is 0 Å². The molecule has 0 saturated carbocycles. The molecular formula is C64H118O6. The molecule has 1 unspecified atom stereocenters. The van der Waals surface area contributed by atoms with Crippen LogP contribution in [0, 0.1) is 0 Å². The van der Waals surface area contributed by atoms with Crippen LogP contribution in [0.2, 0.25) is 0 Å². The van der Waals surface area contributed by atoms with E-state index in [0.29, 0.717) is 19.3 Å². The highest BCUT2D eigenvalue weighted by Crippen LogP contribution is 2.17. The first-order valence-electron chi connectivity index (χ1n) is 31.0. The van der Waals surface area contributed by atoms with Gasteiger partial charge in [0.15, 0.2) is 6.10 Å². The third-order valence-corrected chi connectivity index (χ3v) is 13.9. The van der Waals surface area contributed by atoms with Gasteiger partial charge < -0.3 is 14.2 Å². The zero-order chi connectivity index (χ0) is 50.7. The molecule has 0 aromatic carbocycles. The maximum atomic E-state index is 12.9. The molecule has 0 aliphatic rings. The van der Waals surface area contributed by atoms with Crippen LogP contribution in [0.5, 0.6) is 0 Å². The first kappa shape index (κ1) is 67.6. The first-order valence-corrected chi connectivity index (χ1v) is 31.0. The lowest BCUT2D eigenvalue weighted by Crippen LogP contribution is -2.30. The van der Waals surface area contributed by atoms with Gasteiger partial charge in [-0.2, -0.15) is 0 Å². The van der Waals surface area contributed by atoms with Gasteiger partial charge in [-0.1, -0.05) is 282 Å². The SMILES string of the molecule is CCCCCCCC/C=C\CCCCCCCCCC(=O)OC(COC(=O)CCCCCCC/C=C\C=C/CCCCCCCCC)COC(=O)CCCCCCCCCCCCCCCCCCC. The molecule has 0 aliphatic carbocycles. The molecule has 0 saturated heterocycles. The van der Waals surface area contributed by atoms with Crippen LogP contribution in [0.25, 0.3) is 0 Å². The fourth-order valence-corrected chi connectivity index (χ4v) is 9.20. The highest BCUT2D eigenvalue weighted by Gasteiger charge is 2.19. The fraction of sp³-hybridized carbons (Fsp3) is 0.859. The highest BCUT2D eigenvalue weighted by molar-refractivity contribution is 5.71. The second-order valence-electron chi connectivity index (χ2n) is 21.0. The van der Waals surface area contributed by atoms with Crippen molar-refractivity contribution in [3.05, 3.63) is 36.5 Å².